The molecule has 1 rings (SSSR count). The molecule has 0 spiro atoms. The summed E-state index contributed by atoms with van der Waals surface area (Å²) < 4.78 is 28.5. The smallest absolute Gasteiger partial charge is 0.261 e. The van der Waals surface area contributed by atoms with Crippen LogP contribution in [0.4, 0.5) is 8.78 Å². The summed E-state index contributed by atoms with van der Waals surface area (Å²) in [5.41, 5.74) is 1.77. The van der Waals surface area contributed by atoms with Crippen LogP contribution in [0.15, 0.2) is 18.3 Å². The lowest BCUT2D eigenvalue weighted by Gasteiger charge is -2.20. The number of halogens is 2. The fourth-order valence-electron chi connectivity index (χ4n) is 1.26. The SMILES string of the molecule is CC(C)(C)NCc1ccc(COCC(F)F)nc1. The largest absolute Gasteiger partial charge is 0.369 e. The summed E-state index contributed by atoms with van der Waals surface area (Å²) in [6.07, 6.45) is -0.694. The van der Waals surface area contributed by atoms with Crippen LogP contribution in [0.5, 0.6) is 0 Å². The standard InChI is InChI=1S/C13H20F2N2O/c1-13(2,3)17-7-10-4-5-11(16-6-10)8-18-9-12(14)15/h4-6,12,17H,7-9H2,1-3H3. The van der Waals surface area contributed by atoms with Crippen molar-refractivity contribution >= 4 is 0 Å². The quantitative estimate of drug-likeness (QED) is 0.852. The Morgan fingerprint density at radius 1 is 1.33 bits per heavy atom. The molecule has 0 aliphatic rings. The third-order valence-electron chi connectivity index (χ3n) is 2.20. The van der Waals surface area contributed by atoms with E-state index in [4.69, 9.17) is 4.74 Å². The minimum absolute atomic E-state index is 0.0546. The van der Waals surface area contributed by atoms with E-state index in [0.29, 0.717) is 5.69 Å². The van der Waals surface area contributed by atoms with Gasteiger partial charge in [0.15, 0.2) is 0 Å². The first-order valence-electron chi connectivity index (χ1n) is 5.91. The Hall–Kier alpha value is -1.07. The molecule has 0 saturated carbocycles. The van der Waals surface area contributed by atoms with Gasteiger partial charge in [-0.2, -0.15) is 0 Å². The predicted octanol–water partition coefficient (Wildman–Crippen LogP) is 2.75. The van der Waals surface area contributed by atoms with E-state index in [1.54, 1.807) is 12.3 Å². The summed E-state index contributed by atoms with van der Waals surface area (Å²) >= 11 is 0. The van der Waals surface area contributed by atoms with Crippen LogP contribution in [0.3, 0.4) is 0 Å². The number of aromatic nitrogens is 1. The van der Waals surface area contributed by atoms with Gasteiger partial charge in [-0.15, -0.1) is 0 Å². The Balaban J connectivity index is 2.38. The molecule has 1 aromatic heterocycles. The molecule has 18 heavy (non-hydrogen) atoms. The summed E-state index contributed by atoms with van der Waals surface area (Å²) in [5.74, 6) is 0. The molecule has 0 fully saturated rings. The third-order valence-corrected chi connectivity index (χ3v) is 2.20. The first-order valence-corrected chi connectivity index (χ1v) is 5.91. The molecule has 0 saturated heterocycles. The lowest BCUT2D eigenvalue weighted by Crippen LogP contribution is -2.35. The van der Waals surface area contributed by atoms with E-state index in [1.165, 1.54) is 0 Å². The molecule has 0 atom stereocenters. The van der Waals surface area contributed by atoms with Crippen LogP contribution < -0.4 is 5.32 Å². The predicted molar refractivity (Wildman–Crippen MR) is 66.5 cm³/mol. The van der Waals surface area contributed by atoms with Crippen LogP contribution in [0, 0.1) is 0 Å². The number of nitrogens with one attached hydrogen (secondary N) is 1. The molecule has 0 aromatic carbocycles. The van der Waals surface area contributed by atoms with Crippen molar-refractivity contribution in [3.8, 4) is 0 Å². The van der Waals surface area contributed by atoms with Crippen molar-refractivity contribution in [1.29, 1.82) is 0 Å². The zero-order valence-electron chi connectivity index (χ0n) is 11.0. The number of pyridine rings is 1. The van der Waals surface area contributed by atoms with Gasteiger partial charge in [-0.3, -0.25) is 4.98 Å². The number of hydrogen-bond donors (Lipinski definition) is 1. The molecule has 0 unspecified atom stereocenters. The molecule has 102 valence electrons. The van der Waals surface area contributed by atoms with Gasteiger partial charge in [0.05, 0.1) is 12.3 Å². The fourth-order valence-corrected chi connectivity index (χ4v) is 1.26. The highest BCUT2D eigenvalue weighted by atomic mass is 19.3. The van der Waals surface area contributed by atoms with E-state index in [2.05, 4.69) is 31.1 Å². The van der Waals surface area contributed by atoms with Crippen LogP contribution in [0.1, 0.15) is 32.0 Å². The number of ether oxygens (including phenoxy) is 1. The number of rotatable bonds is 6. The summed E-state index contributed by atoms with van der Waals surface area (Å²) in [4.78, 5) is 4.17. The molecule has 1 aromatic rings. The van der Waals surface area contributed by atoms with Crippen LogP contribution >= 0.6 is 0 Å². The maximum Gasteiger partial charge on any atom is 0.261 e. The maximum absolute atomic E-state index is 11.9. The average Bonchev–Trinajstić information content (AvgIpc) is 2.26. The number of alkyl halides is 2. The molecule has 5 heteroatoms. The van der Waals surface area contributed by atoms with E-state index in [-0.39, 0.29) is 12.1 Å². The van der Waals surface area contributed by atoms with E-state index >= 15 is 0 Å². The normalized spacial score (nSPS) is 12.1. The first kappa shape index (κ1) is 15.0. The topological polar surface area (TPSA) is 34.1 Å². The molecule has 0 radical (unpaired) electrons. The highest BCUT2D eigenvalue weighted by Gasteiger charge is 2.08. The van der Waals surface area contributed by atoms with Crippen molar-refractivity contribution in [3.63, 3.8) is 0 Å². The number of nitrogens with zero attached hydrogens (tertiary/aromatic N) is 1. The zero-order chi connectivity index (χ0) is 13.6. The van der Waals surface area contributed by atoms with Gasteiger partial charge in [-0.25, -0.2) is 8.78 Å². The van der Waals surface area contributed by atoms with Gasteiger partial charge in [-0.05, 0) is 32.4 Å². The van der Waals surface area contributed by atoms with E-state index < -0.39 is 13.0 Å². The highest BCUT2D eigenvalue weighted by molar-refractivity contribution is 5.13. The van der Waals surface area contributed by atoms with Gasteiger partial charge in [0.25, 0.3) is 6.43 Å². The molecule has 0 bridgehead atoms. The second-order valence-electron chi connectivity index (χ2n) is 5.17. The molecule has 1 N–H and O–H groups in total. The lowest BCUT2D eigenvalue weighted by molar-refractivity contribution is 0.00883. The summed E-state index contributed by atoms with van der Waals surface area (Å²) in [6.45, 7) is 6.58. The molecule has 3 nitrogen and oxygen atoms in total. The molecular formula is C13H20F2N2O. The van der Waals surface area contributed by atoms with Crippen LogP contribution in [-0.4, -0.2) is 23.6 Å². The van der Waals surface area contributed by atoms with Gasteiger partial charge >= 0.3 is 0 Å². The minimum Gasteiger partial charge on any atom is -0.369 e. The van der Waals surface area contributed by atoms with Gasteiger partial charge in [-0.1, -0.05) is 6.07 Å². The zero-order valence-corrected chi connectivity index (χ0v) is 11.0. The summed E-state index contributed by atoms with van der Waals surface area (Å²) in [6, 6.07) is 3.72. The Bertz CT molecular complexity index is 347. The summed E-state index contributed by atoms with van der Waals surface area (Å²) in [7, 11) is 0. The van der Waals surface area contributed by atoms with Crippen molar-refractivity contribution in [1.82, 2.24) is 10.3 Å². The number of hydrogen-bond acceptors (Lipinski definition) is 3. The average molecular weight is 258 g/mol. The van der Waals surface area contributed by atoms with Crippen molar-refractivity contribution in [3.05, 3.63) is 29.6 Å². The lowest BCUT2D eigenvalue weighted by atomic mass is 10.1. The van der Waals surface area contributed by atoms with Crippen LogP contribution in [-0.2, 0) is 17.9 Å². The second-order valence-corrected chi connectivity index (χ2v) is 5.17. The highest BCUT2D eigenvalue weighted by Crippen LogP contribution is 2.06. The van der Waals surface area contributed by atoms with Gasteiger partial charge in [0, 0.05) is 18.3 Å². The molecule has 0 aliphatic carbocycles. The Kier molecular flexibility index (Phi) is 5.62. The fraction of sp³-hybridized carbons (Fsp3) is 0.615. The van der Waals surface area contributed by atoms with Crippen molar-refractivity contribution in [2.45, 2.75) is 45.9 Å². The van der Waals surface area contributed by atoms with Crippen LogP contribution in [0.2, 0.25) is 0 Å². The maximum atomic E-state index is 11.9. The molecular weight excluding hydrogens is 238 g/mol. The molecule has 0 amide bonds. The summed E-state index contributed by atoms with van der Waals surface area (Å²) in [5, 5.41) is 3.35. The molecule has 1 heterocycles. The first-order chi connectivity index (χ1) is 8.37. The molecule has 0 aliphatic heterocycles. The van der Waals surface area contributed by atoms with E-state index in [0.717, 1.165) is 12.1 Å². The van der Waals surface area contributed by atoms with Gasteiger partial charge < -0.3 is 10.1 Å². The van der Waals surface area contributed by atoms with Crippen LogP contribution in [0.25, 0.3) is 0 Å². The van der Waals surface area contributed by atoms with Gasteiger partial charge in [0.2, 0.25) is 0 Å². The van der Waals surface area contributed by atoms with Gasteiger partial charge in [0.1, 0.15) is 6.61 Å². The monoisotopic (exact) mass is 258 g/mol. The second kappa shape index (κ2) is 6.75. The Labute approximate surface area is 107 Å². The van der Waals surface area contributed by atoms with Crippen molar-refractivity contribution in [2.24, 2.45) is 0 Å². The Morgan fingerprint density at radius 3 is 2.56 bits per heavy atom. The Morgan fingerprint density at radius 2 is 2.06 bits per heavy atom. The van der Waals surface area contributed by atoms with Crippen molar-refractivity contribution < 1.29 is 13.5 Å². The van der Waals surface area contributed by atoms with E-state index in [9.17, 15) is 8.78 Å². The van der Waals surface area contributed by atoms with Crippen molar-refractivity contribution in [2.75, 3.05) is 6.61 Å². The van der Waals surface area contributed by atoms with E-state index in [1.807, 2.05) is 6.07 Å². The third kappa shape index (κ3) is 6.61. The minimum atomic E-state index is -2.43.